The van der Waals surface area contributed by atoms with Crippen LogP contribution in [-0.2, 0) is 4.74 Å². The Balaban J connectivity index is 1.78. The fourth-order valence-electron chi connectivity index (χ4n) is 3.16. The van der Waals surface area contributed by atoms with E-state index in [0.717, 1.165) is 6.42 Å². The molecule has 0 aromatic carbocycles. The Hall–Kier alpha value is -0.300. The summed E-state index contributed by atoms with van der Waals surface area (Å²) in [5.74, 6) is 0. The minimum absolute atomic E-state index is 0.552. The molecule has 0 aromatic rings. The van der Waals surface area contributed by atoms with Crippen LogP contribution in [0.2, 0.25) is 0 Å². The normalized spacial score (nSPS) is 20.8. The van der Waals surface area contributed by atoms with Crippen LogP contribution in [0.5, 0.6) is 0 Å². The van der Waals surface area contributed by atoms with Gasteiger partial charge in [-0.25, -0.2) is 0 Å². The van der Waals surface area contributed by atoms with Gasteiger partial charge in [-0.05, 0) is 25.7 Å². The van der Waals surface area contributed by atoms with Gasteiger partial charge in [0.1, 0.15) is 0 Å². The number of allylic oxidation sites excluding steroid dienone is 1. The monoisotopic (exact) mass is 308 g/mol. The predicted octanol–water partition coefficient (Wildman–Crippen LogP) is 7.20. The zero-order valence-corrected chi connectivity index (χ0v) is 15.3. The van der Waals surface area contributed by atoms with Crippen molar-refractivity contribution in [3.8, 4) is 0 Å². The third-order valence-corrected chi connectivity index (χ3v) is 4.79. The van der Waals surface area contributed by atoms with Crippen molar-refractivity contribution in [1.29, 1.82) is 0 Å². The van der Waals surface area contributed by atoms with Gasteiger partial charge in [0.15, 0.2) is 0 Å². The molecule has 22 heavy (non-hydrogen) atoms. The molecule has 1 fully saturated rings. The Labute approximate surface area is 139 Å². The molecular formula is C21H40O. The molecule has 0 unspecified atom stereocenters. The summed E-state index contributed by atoms with van der Waals surface area (Å²) in [4.78, 5) is 0. The Morgan fingerprint density at radius 3 is 1.91 bits per heavy atom. The second-order valence-electron chi connectivity index (χ2n) is 7.03. The summed E-state index contributed by atoms with van der Waals surface area (Å²) in [6, 6.07) is 0. The quantitative estimate of drug-likeness (QED) is 0.167. The van der Waals surface area contributed by atoms with Crippen LogP contribution in [0, 0.1) is 0 Å². The number of ether oxygens (including phenoxy) is 1. The summed E-state index contributed by atoms with van der Waals surface area (Å²) in [5.41, 5.74) is 0. The van der Waals surface area contributed by atoms with E-state index >= 15 is 0 Å². The number of rotatable bonds is 16. The first-order valence-electron chi connectivity index (χ1n) is 10.2. The molecule has 1 aliphatic rings. The van der Waals surface area contributed by atoms with Gasteiger partial charge in [-0.3, -0.25) is 0 Å². The molecule has 1 heteroatoms. The van der Waals surface area contributed by atoms with Crippen molar-refractivity contribution < 1.29 is 4.74 Å². The molecule has 0 N–H and O–H groups in total. The van der Waals surface area contributed by atoms with E-state index in [-0.39, 0.29) is 0 Å². The van der Waals surface area contributed by atoms with Gasteiger partial charge in [0.05, 0.1) is 12.2 Å². The van der Waals surface area contributed by atoms with Crippen molar-refractivity contribution in [2.45, 2.75) is 122 Å². The number of hydrogen-bond acceptors (Lipinski definition) is 1. The predicted molar refractivity (Wildman–Crippen MR) is 98.4 cm³/mol. The minimum Gasteiger partial charge on any atom is -0.369 e. The van der Waals surface area contributed by atoms with Crippen molar-refractivity contribution in [3.63, 3.8) is 0 Å². The average molecular weight is 309 g/mol. The van der Waals surface area contributed by atoms with E-state index in [9.17, 15) is 0 Å². The smallest absolute Gasteiger partial charge is 0.0876 e. The molecule has 130 valence electrons. The zero-order valence-electron chi connectivity index (χ0n) is 15.3. The summed E-state index contributed by atoms with van der Waals surface area (Å²) in [6.07, 6.45) is 26.4. The van der Waals surface area contributed by atoms with Gasteiger partial charge in [-0.1, -0.05) is 96.6 Å². The standard InChI is InChI=1S/C21H40O/c1-3-5-7-9-11-12-13-15-17-19-21-20(22-21)18-16-14-10-8-6-4-2/h14,16,20-21H,3-13,15,17-19H2,1-2H3/t20-,21+/m1/s1. The van der Waals surface area contributed by atoms with Crippen LogP contribution in [0.4, 0.5) is 0 Å². The van der Waals surface area contributed by atoms with E-state index in [1.807, 2.05) is 0 Å². The maximum atomic E-state index is 5.77. The second kappa shape index (κ2) is 14.3. The van der Waals surface area contributed by atoms with E-state index < -0.39 is 0 Å². The van der Waals surface area contributed by atoms with Crippen LogP contribution in [0.1, 0.15) is 110 Å². The minimum atomic E-state index is 0.552. The molecule has 2 atom stereocenters. The zero-order chi connectivity index (χ0) is 15.9. The van der Waals surface area contributed by atoms with Crippen molar-refractivity contribution in [2.24, 2.45) is 0 Å². The van der Waals surface area contributed by atoms with E-state index in [1.54, 1.807) is 0 Å². The van der Waals surface area contributed by atoms with Crippen molar-refractivity contribution in [3.05, 3.63) is 12.2 Å². The molecule has 0 radical (unpaired) electrons. The highest BCUT2D eigenvalue weighted by atomic mass is 16.6. The average Bonchev–Trinajstić information content (AvgIpc) is 3.27. The van der Waals surface area contributed by atoms with Crippen molar-refractivity contribution >= 4 is 0 Å². The van der Waals surface area contributed by atoms with Crippen LogP contribution >= 0.6 is 0 Å². The lowest BCUT2D eigenvalue weighted by Gasteiger charge is -2.01. The number of hydrogen-bond donors (Lipinski definition) is 0. The lowest BCUT2D eigenvalue weighted by Crippen LogP contribution is -1.93. The van der Waals surface area contributed by atoms with Gasteiger partial charge in [-0.2, -0.15) is 0 Å². The van der Waals surface area contributed by atoms with Gasteiger partial charge < -0.3 is 4.74 Å². The molecule has 0 bridgehead atoms. The molecule has 1 nitrogen and oxygen atoms in total. The summed E-state index contributed by atoms with van der Waals surface area (Å²) in [6.45, 7) is 4.55. The molecule has 1 aliphatic heterocycles. The topological polar surface area (TPSA) is 12.5 Å². The van der Waals surface area contributed by atoms with Crippen LogP contribution in [0.3, 0.4) is 0 Å². The summed E-state index contributed by atoms with van der Waals surface area (Å²) < 4.78 is 5.77. The van der Waals surface area contributed by atoms with Gasteiger partial charge in [-0.15, -0.1) is 0 Å². The Morgan fingerprint density at radius 2 is 1.23 bits per heavy atom. The van der Waals surface area contributed by atoms with Crippen LogP contribution < -0.4 is 0 Å². The third-order valence-electron chi connectivity index (χ3n) is 4.79. The van der Waals surface area contributed by atoms with E-state index in [4.69, 9.17) is 4.74 Å². The molecule has 1 heterocycles. The SMILES string of the molecule is CCCCCC=CC[C@H]1O[C@H]1CCCCCCCCCCC. The fourth-order valence-corrected chi connectivity index (χ4v) is 3.16. The van der Waals surface area contributed by atoms with Gasteiger partial charge in [0, 0.05) is 0 Å². The Morgan fingerprint density at radius 1 is 0.636 bits per heavy atom. The van der Waals surface area contributed by atoms with E-state index in [0.29, 0.717) is 12.2 Å². The van der Waals surface area contributed by atoms with Crippen molar-refractivity contribution in [2.75, 3.05) is 0 Å². The maximum Gasteiger partial charge on any atom is 0.0876 e. The molecule has 0 aromatic heterocycles. The molecule has 0 amide bonds. The highest BCUT2D eigenvalue weighted by Crippen LogP contribution is 2.30. The second-order valence-corrected chi connectivity index (χ2v) is 7.03. The number of epoxide rings is 1. The maximum absolute atomic E-state index is 5.77. The lowest BCUT2D eigenvalue weighted by atomic mass is 10.0. The first kappa shape index (κ1) is 19.7. The fraction of sp³-hybridized carbons (Fsp3) is 0.905. The molecule has 1 rings (SSSR count). The Bertz CT molecular complexity index is 259. The summed E-state index contributed by atoms with van der Waals surface area (Å²) >= 11 is 0. The van der Waals surface area contributed by atoms with Crippen molar-refractivity contribution in [1.82, 2.24) is 0 Å². The molecule has 0 saturated carbocycles. The molecule has 0 aliphatic carbocycles. The summed E-state index contributed by atoms with van der Waals surface area (Å²) in [7, 11) is 0. The van der Waals surface area contributed by atoms with E-state index in [1.165, 1.54) is 89.9 Å². The third kappa shape index (κ3) is 11.3. The Kier molecular flexibility index (Phi) is 12.8. The number of unbranched alkanes of at least 4 members (excludes halogenated alkanes) is 11. The molecule has 0 spiro atoms. The highest BCUT2D eigenvalue weighted by Gasteiger charge is 2.36. The van der Waals surface area contributed by atoms with Gasteiger partial charge in [0.25, 0.3) is 0 Å². The largest absolute Gasteiger partial charge is 0.369 e. The van der Waals surface area contributed by atoms with Crippen LogP contribution in [0.25, 0.3) is 0 Å². The highest BCUT2D eigenvalue weighted by molar-refractivity contribution is 4.93. The first-order valence-corrected chi connectivity index (χ1v) is 10.2. The van der Waals surface area contributed by atoms with Gasteiger partial charge >= 0.3 is 0 Å². The van der Waals surface area contributed by atoms with E-state index in [2.05, 4.69) is 26.0 Å². The lowest BCUT2D eigenvalue weighted by molar-refractivity contribution is 0.358. The molecule has 1 saturated heterocycles. The van der Waals surface area contributed by atoms with Gasteiger partial charge in [0.2, 0.25) is 0 Å². The first-order chi connectivity index (χ1) is 10.9. The summed E-state index contributed by atoms with van der Waals surface area (Å²) in [5, 5.41) is 0. The molecular weight excluding hydrogens is 268 g/mol. The van der Waals surface area contributed by atoms with Crippen LogP contribution in [-0.4, -0.2) is 12.2 Å². The van der Waals surface area contributed by atoms with Crippen LogP contribution in [0.15, 0.2) is 12.2 Å².